The van der Waals surface area contributed by atoms with E-state index in [1.165, 1.54) is 6.07 Å². The average Bonchev–Trinajstić information content (AvgIpc) is 2.99. The van der Waals surface area contributed by atoms with E-state index in [-0.39, 0.29) is 17.5 Å². The molecule has 0 bridgehead atoms. The Kier molecular flexibility index (Phi) is 4.82. The number of amides is 1. The summed E-state index contributed by atoms with van der Waals surface area (Å²) in [7, 11) is 0. The lowest BCUT2D eigenvalue weighted by molar-refractivity contribution is 0.0579. The van der Waals surface area contributed by atoms with Crippen LogP contribution in [0, 0.1) is 13.8 Å². The molecule has 1 aliphatic heterocycles. The Morgan fingerprint density at radius 3 is 2.54 bits per heavy atom. The number of piperazine rings is 1. The fourth-order valence-electron chi connectivity index (χ4n) is 2.99. The molecule has 0 saturated carbocycles. The third-order valence-corrected chi connectivity index (χ3v) is 5.37. The predicted molar refractivity (Wildman–Crippen MR) is 94.5 cm³/mol. The molecule has 3 rings (SSSR count). The molecule has 1 fully saturated rings. The number of carbonyl (C=O) groups excluding carboxylic acids is 1. The van der Waals surface area contributed by atoms with Gasteiger partial charge in [0.15, 0.2) is 0 Å². The largest absolute Gasteiger partial charge is 0.335 e. The van der Waals surface area contributed by atoms with Gasteiger partial charge in [0.05, 0.1) is 10.9 Å². The molecular weight excluding hydrogens is 324 g/mol. The van der Waals surface area contributed by atoms with Crippen LogP contribution in [0.25, 0.3) is 0 Å². The molecular formula is C17H22N4O2S. The number of aromatic nitrogens is 2. The number of thiophene rings is 1. The first-order valence-electron chi connectivity index (χ1n) is 8.11. The Morgan fingerprint density at radius 2 is 1.96 bits per heavy atom. The Hall–Kier alpha value is -1.99. The van der Waals surface area contributed by atoms with Crippen molar-refractivity contribution in [2.24, 2.45) is 0 Å². The molecule has 0 radical (unpaired) electrons. The second-order valence-electron chi connectivity index (χ2n) is 6.19. The van der Waals surface area contributed by atoms with E-state index in [4.69, 9.17) is 0 Å². The molecule has 1 atom stereocenters. The van der Waals surface area contributed by atoms with Gasteiger partial charge in [0.25, 0.3) is 11.5 Å². The number of hydrogen-bond acceptors (Lipinski definition) is 5. The number of rotatable bonds is 3. The summed E-state index contributed by atoms with van der Waals surface area (Å²) in [6.45, 7) is 8.80. The van der Waals surface area contributed by atoms with Crippen LogP contribution < -0.4 is 5.56 Å². The second kappa shape index (κ2) is 6.86. The highest BCUT2D eigenvalue weighted by Crippen LogP contribution is 2.21. The Morgan fingerprint density at radius 1 is 1.25 bits per heavy atom. The molecule has 2 aromatic heterocycles. The summed E-state index contributed by atoms with van der Waals surface area (Å²) in [6.07, 6.45) is 0. The van der Waals surface area contributed by atoms with Crippen LogP contribution in [-0.2, 0) is 0 Å². The number of nitrogens with zero attached hydrogens (tertiary/aromatic N) is 3. The summed E-state index contributed by atoms with van der Waals surface area (Å²) in [5.74, 6) is 0.802. The first-order valence-corrected chi connectivity index (χ1v) is 8.93. The van der Waals surface area contributed by atoms with E-state index in [1.54, 1.807) is 11.3 Å². The zero-order valence-corrected chi connectivity index (χ0v) is 15.0. The third-order valence-electron chi connectivity index (χ3n) is 4.38. The van der Waals surface area contributed by atoms with E-state index >= 15 is 0 Å². The van der Waals surface area contributed by atoms with Crippen molar-refractivity contribution in [2.45, 2.75) is 26.8 Å². The van der Waals surface area contributed by atoms with Crippen molar-refractivity contribution in [2.75, 3.05) is 26.2 Å². The fourth-order valence-corrected chi connectivity index (χ4v) is 3.83. The normalized spacial score (nSPS) is 17.0. The Labute approximate surface area is 145 Å². The summed E-state index contributed by atoms with van der Waals surface area (Å²) in [4.78, 5) is 37.5. The van der Waals surface area contributed by atoms with Crippen LogP contribution in [0.3, 0.4) is 0 Å². The fraction of sp³-hybridized carbons (Fsp3) is 0.471. The minimum absolute atomic E-state index is 0.0267. The van der Waals surface area contributed by atoms with Gasteiger partial charge in [-0.3, -0.25) is 14.5 Å². The van der Waals surface area contributed by atoms with E-state index in [1.807, 2.05) is 37.8 Å². The van der Waals surface area contributed by atoms with Gasteiger partial charge in [0.2, 0.25) is 0 Å². The zero-order chi connectivity index (χ0) is 17.3. The van der Waals surface area contributed by atoms with E-state index in [9.17, 15) is 9.59 Å². The van der Waals surface area contributed by atoms with Crippen molar-refractivity contribution in [3.05, 3.63) is 49.8 Å². The first-order chi connectivity index (χ1) is 11.4. The number of H-pyrrole nitrogens is 1. The molecule has 6 nitrogen and oxygen atoms in total. The van der Waals surface area contributed by atoms with Gasteiger partial charge in [0.1, 0.15) is 5.82 Å². The predicted octanol–water partition coefficient (Wildman–Crippen LogP) is 1.97. The number of nitrogens with one attached hydrogen (secondary N) is 1. The van der Waals surface area contributed by atoms with Gasteiger partial charge in [-0.15, -0.1) is 11.3 Å². The molecule has 3 heterocycles. The topological polar surface area (TPSA) is 69.3 Å². The van der Waals surface area contributed by atoms with Crippen molar-refractivity contribution >= 4 is 17.2 Å². The molecule has 0 aromatic carbocycles. The summed E-state index contributed by atoms with van der Waals surface area (Å²) in [5, 5.41) is 0. The standard InChI is InChI=1S/C17H22N4O2S/c1-11-10-15(22)19-16(18-11)13(3)20-6-8-21(9-7-20)17(23)14-5-4-12(2)24-14/h4-5,10,13H,6-9H2,1-3H3,(H,18,19,22)/t13-/m1/s1. The van der Waals surface area contributed by atoms with Gasteiger partial charge in [-0.25, -0.2) is 4.98 Å². The van der Waals surface area contributed by atoms with Crippen molar-refractivity contribution in [3.8, 4) is 0 Å². The molecule has 1 saturated heterocycles. The monoisotopic (exact) mass is 346 g/mol. The lowest BCUT2D eigenvalue weighted by Crippen LogP contribution is -2.49. The van der Waals surface area contributed by atoms with Crippen LogP contribution in [-0.4, -0.2) is 51.9 Å². The van der Waals surface area contributed by atoms with E-state index < -0.39 is 0 Å². The molecule has 1 N–H and O–H groups in total. The second-order valence-corrected chi connectivity index (χ2v) is 7.47. The highest BCUT2D eigenvalue weighted by Gasteiger charge is 2.26. The van der Waals surface area contributed by atoms with Crippen LogP contribution >= 0.6 is 11.3 Å². The van der Waals surface area contributed by atoms with Crippen molar-refractivity contribution in [1.82, 2.24) is 19.8 Å². The van der Waals surface area contributed by atoms with Gasteiger partial charge < -0.3 is 9.88 Å². The first kappa shape index (κ1) is 16.9. The minimum atomic E-state index is -0.119. The summed E-state index contributed by atoms with van der Waals surface area (Å²) >= 11 is 1.54. The Bertz CT molecular complexity index is 790. The van der Waals surface area contributed by atoms with E-state index in [0.717, 1.165) is 28.5 Å². The summed E-state index contributed by atoms with van der Waals surface area (Å²) < 4.78 is 0. The molecule has 0 unspecified atom stereocenters. The minimum Gasteiger partial charge on any atom is -0.335 e. The molecule has 24 heavy (non-hydrogen) atoms. The van der Waals surface area contributed by atoms with Crippen molar-refractivity contribution < 1.29 is 4.79 Å². The Balaban J connectivity index is 1.64. The van der Waals surface area contributed by atoms with Gasteiger partial charge in [0, 0.05) is 42.8 Å². The molecule has 0 aliphatic carbocycles. The van der Waals surface area contributed by atoms with Gasteiger partial charge in [-0.1, -0.05) is 0 Å². The maximum absolute atomic E-state index is 12.5. The lowest BCUT2D eigenvalue weighted by Gasteiger charge is -2.37. The zero-order valence-electron chi connectivity index (χ0n) is 14.2. The maximum Gasteiger partial charge on any atom is 0.264 e. The van der Waals surface area contributed by atoms with Crippen LogP contribution in [0.1, 0.15) is 39.0 Å². The molecule has 2 aromatic rings. The van der Waals surface area contributed by atoms with E-state index in [2.05, 4.69) is 14.9 Å². The molecule has 7 heteroatoms. The smallest absolute Gasteiger partial charge is 0.264 e. The average molecular weight is 346 g/mol. The summed E-state index contributed by atoms with van der Waals surface area (Å²) in [5.41, 5.74) is 0.605. The maximum atomic E-state index is 12.5. The highest BCUT2D eigenvalue weighted by molar-refractivity contribution is 7.13. The molecule has 128 valence electrons. The van der Waals surface area contributed by atoms with Gasteiger partial charge in [-0.05, 0) is 32.9 Å². The lowest BCUT2D eigenvalue weighted by atomic mass is 10.2. The van der Waals surface area contributed by atoms with E-state index in [0.29, 0.717) is 18.9 Å². The molecule has 1 amide bonds. The SMILES string of the molecule is Cc1cc(=O)[nH]c([C@@H](C)N2CCN(C(=O)c3ccc(C)s3)CC2)n1. The number of carbonyl (C=O) groups is 1. The quantitative estimate of drug-likeness (QED) is 0.922. The van der Waals surface area contributed by atoms with Gasteiger partial charge >= 0.3 is 0 Å². The molecule has 0 spiro atoms. The number of aryl methyl sites for hydroxylation is 2. The number of hydrogen-bond donors (Lipinski definition) is 1. The van der Waals surface area contributed by atoms with Crippen molar-refractivity contribution in [3.63, 3.8) is 0 Å². The highest BCUT2D eigenvalue weighted by atomic mass is 32.1. The van der Waals surface area contributed by atoms with Crippen molar-refractivity contribution in [1.29, 1.82) is 0 Å². The summed E-state index contributed by atoms with van der Waals surface area (Å²) in [6, 6.07) is 5.41. The van der Waals surface area contributed by atoms with Crippen LogP contribution in [0.5, 0.6) is 0 Å². The number of aromatic amines is 1. The van der Waals surface area contributed by atoms with Crippen LogP contribution in [0.2, 0.25) is 0 Å². The third kappa shape index (κ3) is 3.57. The van der Waals surface area contributed by atoms with Crippen LogP contribution in [0.15, 0.2) is 23.0 Å². The van der Waals surface area contributed by atoms with Crippen LogP contribution in [0.4, 0.5) is 0 Å². The molecule has 1 aliphatic rings. The van der Waals surface area contributed by atoms with Gasteiger partial charge in [-0.2, -0.15) is 0 Å².